The second-order valence-corrected chi connectivity index (χ2v) is 5.03. The first-order valence-corrected chi connectivity index (χ1v) is 6.47. The normalized spacial score (nSPS) is 10.3. The van der Waals surface area contributed by atoms with Gasteiger partial charge in [0.2, 0.25) is 5.91 Å². The fourth-order valence-corrected chi connectivity index (χ4v) is 1.65. The van der Waals surface area contributed by atoms with Crippen LogP contribution in [0, 0.1) is 0 Å². The van der Waals surface area contributed by atoms with Crippen molar-refractivity contribution in [1.29, 1.82) is 0 Å². The molecule has 1 amide bonds. The Hall–Kier alpha value is -0.650. The molecule has 0 atom stereocenters. The molecule has 0 aromatic heterocycles. The number of carbonyl (C=O) groups excluding carboxylic acids is 3. The van der Waals surface area contributed by atoms with Crippen molar-refractivity contribution in [3.63, 3.8) is 0 Å². The third-order valence-electron chi connectivity index (χ3n) is 2.85. The summed E-state index contributed by atoms with van der Waals surface area (Å²) in [5.74, 6) is -1.45. The number of hydrogen-bond donors (Lipinski definition) is 1. The molecule has 0 aromatic carbocycles. The molecule has 0 aromatic rings. The Labute approximate surface area is 142 Å². The van der Waals surface area contributed by atoms with E-state index in [1.54, 1.807) is 13.8 Å². The Bertz CT molecular complexity index is 353. The Morgan fingerprint density at radius 2 is 1.60 bits per heavy atom. The van der Waals surface area contributed by atoms with Gasteiger partial charge in [0.15, 0.2) is 5.78 Å². The average molecular weight is 291 g/mol. The van der Waals surface area contributed by atoms with Gasteiger partial charge in [-0.3, -0.25) is 9.59 Å². The van der Waals surface area contributed by atoms with Crippen LogP contribution < -0.4 is 40.0 Å². The van der Waals surface area contributed by atoms with Crippen LogP contribution in [0.2, 0.25) is 0 Å². The van der Waals surface area contributed by atoms with Crippen LogP contribution in [0.1, 0.15) is 52.4 Å². The Morgan fingerprint density at radius 1 is 1.10 bits per heavy atom. The first-order chi connectivity index (χ1) is 8.79. The van der Waals surface area contributed by atoms with Crippen molar-refractivity contribution in [3.8, 4) is 0 Å². The predicted octanol–water partition coefficient (Wildman–Crippen LogP) is -2.27. The van der Waals surface area contributed by atoms with Crippen molar-refractivity contribution in [3.05, 3.63) is 12.7 Å². The SMILES string of the molecule is C=CC(=O)NC(C)(C)C(=O)CCCCCCC(=O)[O-].[Na+]. The van der Waals surface area contributed by atoms with E-state index < -0.39 is 11.5 Å². The monoisotopic (exact) mass is 291 g/mol. The van der Waals surface area contributed by atoms with Gasteiger partial charge in [0, 0.05) is 12.4 Å². The summed E-state index contributed by atoms with van der Waals surface area (Å²) in [6, 6.07) is 0. The molecular weight excluding hydrogens is 269 g/mol. The van der Waals surface area contributed by atoms with Crippen LogP contribution in [0.3, 0.4) is 0 Å². The molecule has 0 unspecified atom stereocenters. The minimum absolute atomic E-state index is 0. The third kappa shape index (κ3) is 10.2. The van der Waals surface area contributed by atoms with Gasteiger partial charge in [-0.25, -0.2) is 0 Å². The summed E-state index contributed by atoms with van der Waals surface area (Å²) in [6.45, 7) is 6.66. The Morgan fingerprint density at radius 3 is 2.05 bits per heavy atom. The van der Waals surface area contributed by atoms with E-state index in [0.717, 1.165) is 18.9 Å². The maximum absolute atomic E-state index is 11.9. The second kappa shape index (κ2) is 11.1. The smallest absolute Gasteiger partial charge is 0.550 e. The summed E-state index contributed by atoms with van der Waals surface area (Å²) < 4.78 is 0. The molecule has 108 valence electrons. The summed E-state index contributed by atoms with van der Waals surface area (Å²) in [7, 11) is 0. The van der Waals surface area contributed by atoms with Crippen LogP contribution in [-0.2, 0) is 14.4 Å². The maximum atomic E-state index is 11.9. The largest absolute Gasteiger partial charge is 1.00 e. The first kappa shape index (κ1) is 21.6. The number of carboxylic acids is 1. The van der Waals surface area contributed by atoms with Gasteiger partial charge in [0.05, 0.1) is 5.54 Å². The number of nitrogens with one attached hydrogen (secondary N) is 1. The van der Waals surface area contributed by atoms with E-state index in [1.807, 2.05) is 0 Å². The zero-order chi connectivity index (χ0) is 14.9. The minimum atomic E-state index is -1.04. The van der Waals surface area contributed by atoms with Crippen molar-refractivity contribution < 1.29 is 49.0 Å². The van der Waals surface area contributed by atoms with Crippen molar-refractivity contribution in [2.75, 3.05) is 0 Å². The molecule has 0 fully saturated rings. The van der Waals surface area contributed by atoms with E-state index in [4.69, 9.17) is 0 Å². The van der Waals surface area contributed by atoms with E-state index in [9.17, 15) is 19.5 Å². The summed E-state index contributed by atoms with van der Waals surface area (Å²) in [5, 5.41) is 12.8. The van der Waals surface area contributed by atoms with Crippen molar-refractivity contribution >= 4 is 17.7 Å². The topological polar surface area (TPSA) is 86.3 Å². The van der Waals surface area contributed by atoms with Crippen LogP contribution in [0.15, 0.2) is 12.7 Å². The van der Waals surface area contributed by atoms with Crippen LogP contribution in [0.25, 0.3) is 0 Å². The molecule has 0 aliphatic rings. The Kier molecular flexibility index (Phi) is 12.0. The number of unbranched alkanes of at least 4 members (excludes halogenated alkanes) is 3. The van der Waals surface area contributed by atoms with Crippen LogP contribution in [0.5, 0.6) is 0 Å². The van der Waals surface area contributed by atoms with Gasteiger partial charge in [-0.1, -0.05) is 19.4 Å². The molecule has 0 spiro atoms. The summed E-state index contributed by atoms with van der Waals surface area (Å²) in [5.41, 5.74) is -0.893. The van der Waals surface area contributed by atoms with Crippen LogP contribution in [-0.4, -0.2) is 23.2 Å². The number of amides is 1. The fraction of sp³-hybridized carbons (Fsp3) is 0.643. The molecule has 0 aliphatic heterocycles. The molecule has 5 nitrogen and oxygen atoms in total. The van der Waals surface area contributed by atoms with Gasteiger partial charge in [-0.2, -0.15) is 0 Å². The molecule has 0 rings (SSSR count). The standard InChI is InChI=1S/C14H23NO4.Na/c1-4-12(17)15-14(2,3)11(16)9-7-5-6-8-10-13(18)19;/h4H,1,5-10H2,2-3H3,(H,15,17)(H,18,19);/q;+1/p-1. The molecule has 0 bridgehead atoms. The molecule has 0 saturated carbocycles. The van der Waals surface area contributed by atoms with Crippen LogP contribution in [0.4, 0.5) is 0 Å². The van der Waals surface area contributed by atoms with Gasteiger partial charge in [0.25, 0.3) is 0 Å². The zero-order valence-electron chi connectivity index (χ0n) is 12.7. The maximum Gasteiger partial charge on any atom is 1.00 e. The first-order valence-electron chi connectivity index (χ1n) is 6.47. The number of Topliss-reactive ketones (excluding diaryl/α,β-unsaturated/α-hetero) is 1. The van der Waals surface area contributed by atoms with E-state index in [0.29, 0.717) is 19.3 Å². The number of carbonyl (C=O) groups is 3. The van der Waals surface area contributed by atoms with Crippen molar-refractivity contribution in [2.24, 2.45) is 0 Å². The number of ketones is 1. The molecule has 0 saturated heterocycles. The number of rotatable bonds is 10. The number of carboxylic acid groups (broad SMARTS) is 1. The second-order valence-electron chi connectivity index (χ2n) is 5.03. The van der Waals surface area contributed by atoms with Gasteiger partial charge >= 0.3 is 29.6 Å². The van der Waals surface area contributed by atoms with Gasteiger partial charge in [-0.05, 0) is 39.2 Å². The van der Waals surface area contributed by atoms with Crippen molar-refractivity contribution in [2.45, 2.75) is 57.9 Å². The zero-order valence-corrected chi connectivity index (χ0v) is 14.7. The molecule has 1 N–H and O–H groups in total. The molecule has 0 heterocycles. The number of hydrogen-bond acceptors (Lipinski definition) is 4. The van der Waals surface area contributed by atoms with E-state index in [2.05, 4.69) is 11.9 Å². The molecule has 20 heavy (non-hydrogen) atoms. The molecule has 0 radical (unpaired) electrons. The fourth-order valence-electron chi connectivity index (χ4n) is 1.65. The van der Waals surface area contributed by atoms with E-state index in [-0.39, 0.29) is 47.7 Å². The summed E-state index contributed by atoms with van der Waals surface area (Å²) in [6.07, 6.45) is 4.40. The molecule has 6 heteroatoms. The third-order valence-corrected chi connectivity index (χ3v) is 2.85. The predicted molar refractivity (Wildman–Crippen MR) is 70.1 cm³/mol. The Balaban J connectivity index is 0. The van der Waals surface area contributed by atoms with E-state index in [1.165, 1.54) is 0 Å². The summed E-state index contributed by atoms with van der Waals surface area (Å²) in [4.78, 5) is 33.3. The van der Waals surface area contributed by atoms with Gasteiger partial charge in [0.1, 0.15) is 0 Å². The molecular formula is C14H22NNaO4. The van der Waals surface area contributed by atoms with Gasteiger partial charge in [-0.15, -0.1) is 0 Å². The van der Waals surface area contributed by atoms with Crippen molar-refractivity contribution in [1.82, 2.24) is 5.32 Å². The number of aliphatic carboxylic acids is 1. The minimum Gasteiger partial charge on any atom is -0.550 e. The average Bonchev–Trinajstić information content (AvgIpc) is 2.32. The van der Waals surface area contributed by atoms with Gasteiger partial charge < -0.3 is 15.2 Å². The summed E-state index contributed by atoms with van der Waals surface area (Å²) >= 11 is 0. The van der Waals surface area contributed by atoms with E-state index >= 15 is 0 Å². The van der Waals surface area contributed by atoms with Crippen LogP contribution >= 0.6 is 0 Å². The molecule has 0 aliphatic carbocycles. The quantitative estimate of drug-likeness (QED) is 0.279.